The van der Waals surface area contributed by atoms with Crippen LogP contribution in [0, 0.1) is 17.2 Å². The number of nitrogens with one attached hydrogen (secondary N) is 2. The smallest absolute Gasteiger partial charge is 0.330 e. The highest BCUT2D eigenvalue weighted by atomic mass is 32.2. The number of aromatic nitrogens is 2. The molecule has 1 amide bonds. The molecule has 2 unspecified atom stereocenters. The van der Waals surface area contributed by atoms with Crippen molar-refractivity contribution in [3.05, 3.63) is 66.6 Å². The number of aryl methyl sites for hydroxylation is 1. The van der Waals surface area contributed by atoms with Crippen molar-refractivity contribution in [2.24, 2.45) is 5.92 Å². The molecule has 11 heteroatoms. The van der Waals surface area contributed by atoms with Gasteiger partial charge in [0.15, 0.2) is 0 Å². The zero-order valence-electron chi connectivity index (χ0n) is 20.5. The summed E-state index contributed by atoms with van der Waals surface area (Å²) in [7, 11) is -2.75. The van der Waals surface area contributed by atoms with Gasteiger partial charge in [-0.25, -0.2) is 13.2 Å². The summed E-state index contributed by atoms with van der Waals surface area (Å²) >= 11 is 0. The van der Waals surface area contributed by atoms with Crippen LogP contribution in [0.1, 0.15) is 25.0 Å². The molecule has 10 nitrogen and oxygen atoms in total. The van der Waals surface area contributed by atoms with E-state index in [0.29, 0.717) is 29.7 Å². The summed E-state index contributed by atoms with van der Waals surface area (Å²) < 4.78 is 36.0. The Morgan fingerprint density at radius 3 is 2.92 bits per heavy atom. The number of amides is 1. The van der Waals surface area contributed by atoms with Crippen LogP contribution in [0.4, 0.5) is 0 Å². The molecule has 3 heterocycles. The number of carbonyl (C=O) groups is 2. The number of hydrogen-bond donors (Lipinski definition) is 2. The molecular formula is C26H29N5O5S. The number of aromatic amines is 1. The number of rotatable bonds is 9. The number of nitriles is 1. The van der Waals surface area contributed by atoms with Gasteiger partial charge in [0.2, 0.25) is 15.9 Å². The lowest BCUT2D eigenvalue weighted by molar-refractivity contribution is -0.135. The molecule has 4 rings (SSSR count). The second-order valence-corrected chi connectivity index (χ2v) is 10.6. The molecule has 0 bridgehead atoms. The quantitative estimate of drug-likeness (QED) is 0.327. The van der Waals surface area contributed by atoms with E-state index in [1.165, 1.54) is 19.3 Å². The minimum Gasteiger partial charge on any atom is -0.466 e. The summed E-state index contributed by atoms with van der Waals surface area (Å²) in [5.74, 6) is -0.850. The average molecular weight is 524 g/mol. The Balaban J connectivity index is 1.58. The van der Waals surface area contributed by atoms with Crippen molar-refractivity contribution in [2.75, 3.05) is 20.2 Å². The monoisotopic (exact) mass is 523 g/mol. The van der Waals surface area contributed by atoms with Crippen LogP contribution in [0.5, 0.6) is 0 Å². The van der Waals surface area contributed by atoms with Crippen molar-refractivity contribution in [3.8, 4) is 6.07 Å². The molecule has 1 aliphatic rings. The minimum absolute atomic E-state index is 0.0442. The van der Waals surface area contributed by atoms with Gasteiger partial charge in [-0.2, -0.15) is 9.98 Å². The van der Waals surface area contributed by atoms with Crippen molar-refractivity contribution in [1.82, 2.24) is 19.2 Å². The van der Waals surface area contributed by atoms with Gasteiger partial charge >= 0.3 is 5.97 Å². The number of nitrogens with zero attached hydrogens (tertiary/aromatic N) is 3. The Bertz CT molecular complexity index is 1450. The van der Waals surface area contributed by atoms with E-state index in [2.05, 4.69) is 20.5 Å². The highest BCUT2D eigenvalue weighted by Gasteiger charge is 2.32. The molecule has 0 saturated carbocycles. The van der Waals surface area contributed by atoms with Crippen LogP contribution in [0.2, 0.25) is 0 Å². The Morgan fingerprint density at radius 2 is 2.14 bits per heavy atom. The predicted molar refractivity (Wildman–Crippen MR) is 137 cm³/mol. The number of ether oxygens (including phenoxy) is 1. The molecule has 2 atom stereocenters. The Morgan fingerprint density at radius 1 is 1.30 bits per heavy atom. The van der Waals surface area contributed by atoms with Crippen LogP contribution in [-0.2, 0) is 30.9 Å². The molecule has 1 aromatic carbocycles. The second kappa shape index (κ2) is 11.5. The topological polar surface area (TPSA) is 137 Å². The van der Waals surface area contributed by atoms with E-state index in [-0.39, 0.29) is 29.7 Å². The second-order valence-electron chi connectivity index (χ2n) is 8.93. The molecule has 0 spiro atoms. The molecule has 194 valence electrons. The maximum atomic E-state index is 13.7. The lowest BCUT2D eigenvalue weighted by atomic mass is 9.96. The number of benzene rings is 1. The number of methoxy groups -OCH3 is 1. The first-order valence-electron chi connectivity index (χ1n) is 12.0. The van der Waals surface area contributed by atoms with E-state index in [1.807, 2.05) is 0 Å². The van der Waals surface area contributed by atoms with Crippen LogP contribution in [0.25, 0.3) is 10.9 Å². The zero-order valence-corrected chi connectivity index (χ0v) is 21.3. The van der Waals surface area contributed by atoms with Gasteiger partial charge < -0.3 is 19.2 Å². The fourth-order valence-corrected chi connectivity index (χ4v) is 6.07. The Labute approximate surface area is 215 Å². The van der Waals surface area contributed by atoms with E-state index < -0.39 is 22.0 Å². The van der Waals surface area contributed by atoms with Crippen LogP contribution in [0.15, 0.2) is 65.8 Å². The molecule has 3 aromatic rings. The summed E-state index contributed by atoms with van der Waals surface area (Å²) in [5.41, 5.74) is 1.10. The molecule has 2 N–H and O–H groups in total. The number of hydrogen-bond acceptors (Lipinski definition) is 6. The summed E-state index contributed by atoms with van der Waals surface area (Å²) in [4.78, 5) is 29.9. The van der Waals surface area contributed by atoms with Gasteiger partial charge in [0.05, 0.1) is 12.0 Å². The van der Waals surface area contributed by atoms with Crippen molar-refractivity contribution in [2.45, 2.75) is 36.7 Å². The number of likely N-dealkylation sites (tertiary alicyclic amines) is 1. The third-order valence-corrected chi connectivity index (χ3v) is 8.05. The molecule has 1 aliphatic heterocycles. The molecule has 1 fully saturated rings. The number of esters is 1. The Hall–Kier alpha value is -3.88. The fraction of sp³-hybridized carbons (Fsp3) is 0.346. The first kappa shape index (κ1) is 26.2. The Kier molecular flexibility index (Phi) is 8.11. The molecular weight excluding hydrogens is 494 g/mol. The van der Waals surface area contributed by atoms with E-state index >= 15 is 0 Å². The molecule has 2 aromatic heterocycles. The van der Waals surface area contributed by atoms with E-state index in [9.17, 15) is 23.3 Å². The molecule has 1 saturated heterocycles. The van der Waals surface area contributed by atoms with Gasteiger partial charge in [0.1, 0.15) is 17.8 Å². The van der Waals surface area contributed by atoms with Gasteiger partial charge in [-0.05, 0) is 55.5 Å². The normalized spacial score (nSPS) is 17.1. The van der Waals surface area contributed by atoms with Gasteiger partial charge in [-0.1, -0.05) is 12.1 Å². The first-order valence-corrected chi connectivity index (χ1v) is 13.5. The SMILES string of the molecule is COC(=O)/C=C/C1CCCN(C(=O)C(CCn2cccc2C#N)NS(=O)(=O)c2cccc3[nH]ccc23)C1. The van der Waals surface area contributed by atoms with Crippen LogP contribution in [0.3, 0.4) is 0 Å². The number of carbonyl (C=O) groups excluding carboxylic acids is 2. The first-order chi connectivity index (χ1) is 17.8. The van der Waals surface area contributed by atoms with Crippen LogP contribution in [-0.4, -0.2) is 61.0 Å². The van der Waals surface area contributed by atoms with Crippen molar-refractivity contribution in [1.29, 1.82) is 5.26 Å². The lowest BCUT2D eigenvalue weighted by Crippen LogP contribution is -2.51. The van der Waals surface area contributed by atoms with Gasteiger partial charge in [-0.3, -0.25) is 4.79 Å². The van der Waals surface area contributed by atoms with E-state index in [4.69, 9.17) is 0 Å². The molecule has 0 radical (unpaired) electrons. The maximum absolute atomic E-state index is 13.7. The summed E-state index contributed by atoms with van der Waals surface area (Å²) in [6, 6.07) is 11.1. The van der Waals surface area contributed by atoms with Crippen molar-refractivity contribution >= 4 is 32.8 Å². The highest BCUT2D eigenvalue weighted by Crippen LogP contribution is 2.24. The van der Waals surface area contributed by atoms with Gasteiger partial charge in [-0.15, -0.1) is 0 Å². The van der Waals surface area contributed by atoms with Gasteiger partial charge in [0.25, 0.3) is 0 Å². The average Bonchev–Trinajstić information content (AvgIpc) is 3.58. The fourth-order valence-electron chi connectivity index (χ4n) is 4.62. The predicted octanol–water partition coefficient (Wildman–Crippen LogP) is 2.55. The summed E-state index contributed by atoms with van der Waals surface area (Å²) in [5, 5.41) is 9.87. The number of piperidine rings is 1. The van der Waals surface area contributed by atoms with E-state index in [0.717, 1.165) is 12.8 Å². The number of H-pyrrole nitrogens is 1. The maximum Gasteiger partial charge on any atom is 0.330 e. The standard InChI is InChI=1S/C26H29N5O5S/c1-36-25(32)10-9-19-5-3-15-31(18-19)26(33)23(12-16-30-14-4-6-20(30)17-27)29-37(34,35)24-8-2-7-22-21(24)11-13-28-22/h2,4,6-11,13-14,19,23,28-29H,3,5,12,15-16,18H2,1H3/b10-9+. The highest BCUT2D eigenvalue weighted by molar-refractivity contribution is 7.89. The zero-order chi connectivity index (χ0) is 26.4. The van der Waals surface area contributed by atoms with Crippen molar-refractivity contribution in [3.63, 3.8) is 0 Å². The number of sulfonamides is 1. The largest absolute Gasteiger partial charge is 0.466 e. The van der Waals surface area contributed by atoms with E-state index in [1.54, 1.807) is 58.3 Å². The van der Waals surface area contributed by atoms with Crippen LogP contribution < -0.4 is 4.72 Å². The minimum atomic E-state index is -4.05. The molecule has 0 aliphatic carbocycles. The summed E-state index contributed by atoms with van der Waals surface area (Å²) in [6.07, 6.45) is 8.16. The van der Waals surface area contributed by atoms with Crippen LogP contribution >= 0.6 is 0 Å². The lowest BCUT2D eigenvalue weighted by Gasteiger charge is -2.34. The third-order valence-electron chi connectivity index (χ3n) is 6.52. The van der Waals surface area contributed by atoms with Crippen molar-refractivity contribution < 1.29 is 22.7 Å². The third kappa shape index (κ3) is 6.10. The number of fused-ring (bicyclic) bond motifs is 1. The molecule has 37 heavy (non-hydrogen) atoms. The summed E-state index contributed by atoms with van der Waals surface area (Å²) in [6.45, 7) is 1.13. The van der Waals surface area contributed by atoms with Gasteiger partial charge in [0, 0.05) is 49.0 Å².